The molecule has 6 nitrogen and oxygen atoms in total. The number of halogens is 1. The number of rotatable bonds is 7. The van der Waals surface area contributed by atoms with Crippen molar-refractivity contribution in [1.29, 1.82) is 0 Å². The molecular formula is C19H19ClN4O2S. The largest absolute Gasteiger partial charge is 0.497 e. The van der Waals surface area contributed by atoms with Gasteiger partial charge in [0.15, 0.2) is 11.0 Å². The fourth-order valence-corrected chi connectivity index (χ4v) is 3.44. The molecule has 0 unspecified atom stereocenters. The number of hydrogen-bond acceptors (Lipinski definition) is 5. The number of thioether (sulfide) groups is 1. The van der Waals surface area contributed by atoms with Gasteiger partial charge in [0.2, 0.25) is 5.91 Å². The van der Waals surface area contributed by atoms with Crippen molar-refractivity contribution in [3.63, 3.8) is 0 Å². The predicted octanol–water partition coefficient (Wildman–Crippen LogP) is 3.55. The van der Waals surface area contributed by atoms with Gasteiger partial charge in [-0.05, 0) is 29.8 Å². The summed E-state index contributed by atoms with van der Waals surface area (Å²) in [5.41, 5.74) is 1.79. The van der Waals surface area contributed by atoms with Gasteiger partial charge < -0.3 is 14.6 Å². The topological polar surface area (TPSA) is 69.0 Å². The second kappa shape index (κ2) is 8.92. The van der Waals surface area contributed by atoms with E-state index in [0.717, 1.165) is 16.9 Å². The number of amides is 1. The predicted molar refractivity (Wildman–Crippen MR) is 107 cm³/mol. The van der Waals surface area contributed by atoms with Crippen LogP contribution in [0.1, 0.15) is 5.56 Å². The Morgan fingerprint density at radius 3 is 2.81 bits per heavy atom. The van der Waals surface area contributed by atoms with Crippen LogP contribution < -0.4 is 10.1 Å². The minimum atomic E-state index is -0.0786. The van der Waals surface area contributed by atoms with Gasteiger partial charge in [-0.2, -0.15) is 0 Å². The van der Waals surface area contributed by atoms with Crippen LogP contribution in [0.15, 0.2) is 53.7 Å². The van der Waals surface area contributed by atoms with E-state index in [9.17, 15) is 4.79 Å². The van der Waals surface area contributed by atoms with E-state index in [4.69, 9.17) is 16.3 Å². The third-order valence-electron chi connectivity index (χ3n) is 3.91. The summed E-state index contributed by atoms with van der Waals surface area (Å²) in [5.74, 6) is 1.60. The number of hydrogen-bond donors (Lipinski definition) is 1. The fourth-order valence-electron chi connectivity index (χ4n) is 2.48. The van der Waals surface area contributed by atoms with E-state index in [1.807, 2.05) is 60.1 Å². The SMILES string of the molecule is COc1cccc(CNC(=O)CSc2nnc(-c3ccccc3Cl)n2C)c1. The van der Waals surface area contributed by atoms with Crippen LogP contribution in [0, 0.1) is 0 Å². The molecule has 0 aliphatic carbocycles. The summed E-state index contributed by atoms with van der Waals surface area (Å²) in [6.45, 7) is 0.445. The summed E-state index contributed by atoms with van der Waals surface area (Å²) in [5, 5.41) is 12.5. The monoisotopic (exact) mass is 402 g/mol. The second-order valence-corrected chi connectivity index (χ2v) is 7.11. The zero-order valence-corrected chi connectivity index (χ0v) is 16.5. The highest BCUT2D eigenvalue weighted by molar-refractivity contribution is 7.99. The summed E-state index contributed by atoms with van der Waals surface area (Å²) in [6, 6.07) is 15.1. The molecule has 3 rings (SSSR count). The average molecular weight is 403 g/mol. The molecule has 0 aliphatic heterocycles. The molecule has 0 saturated carbocycles. The first-order chi connectivity index (χ1) is 13.1. The Balaban J connectivity index is 1.57. The number of benzene rings is 2. The number of ether oxygens (including phenoxy) is 1. The lowest BCUT2D eigenvalue weighted by molar-refractivity contribution is -0.118. The van der Waals surface area contributed by atoms with Crippen LogP contribution in [-0.2, 0) is 18.4 Å². The summed E-state index contributed by atoms with van der Waals surface area (Å²) >= 11 is 7.56. The van der Waals surface area contributed by atoms with Crippen LogP contribution in [0.4, 0.5) is 0 Å². The molecule has 1 aromatic heterocycles. The second-order valence-electron chi connectivity index (χ2n) is 5.76. The maximum Gasteiger partial charge on any atom is 0.230 e. The molecule has 0 radical (unpaired) electrons. The number of nitrogens with one attached hydrogen (secondary N) is 1. The minimum absolute atomic E-state index is 0.0786. The third-order valence-corrected chi connectivity index (χ3v) is 5.26. The van der Waals surface area contributed by atoms with Crippen LogP contribution in [-0.4, -0.2) is 33.5 Å². The maximum atomic E-state index is 12.1. The Labute approximate surface area is 166 Å². The van der Waals surface area contributed by atoms with E-state index < -0.39 is 0 Å². The Bertz CT molecular complexity index is 945. The molecule has 140 valence electrons. The van der Waals surface area contributed by atoms with Crippen molar-refractivity contribution in [2.45, 2.75) is 11.7 Å². The molecule has 0 aliphatic rings. The van der Waals surface area contributed by atoms with Crippen LogP contribution in [0.3, 0.4) is 0 Å². The normalized spacial score (nSPS) is 10.6. The lowest BCUT2D eigenvalue weighted by atomic mass is 10.2. The van der Waals surface area contributed by atoms with E-state index >= 15 is 0 Å². The molecule has 0 saturated heterocycles. The molecular weight excluding hydrogens is 384 g/mol. The standard InChI is InChI=1S/C19H19ClN4O2S/c1-24-18(15-8-3-4-9-16(15)20)22-23-19(24)27-12-17(25)21-11-13-6-5-7-14(10-13)26-2/h3-10H,11-12H2,1-2H3,(H,21,25). The lowest BCUT2D eigenvalue weighted by Crippen LogP contribution is -2.24. The fraction of sp³-hybridized carbons (Fsp3) is 0.211. The molecule has 2 aromatic carbocycles. The lowest BCUT2D eigenvalue weighted by Gasteiger charge is -2.07. The van der Waals surface area contributed by atoms with Gasteiger partial charge in [-0.15, -0.1) is 10.2 Å². The highest BCUT2D eigenvalue weighted by Crippen LogP contribution is 2.28. The number of aromatic nitrogens is 3. The van der Waals surface area contributed by atoms with Gasteiger partial charge in [-0.3, -0.25) is 4.79 Å². The van der Waals surface area contributed by atoms with E-state index in [1.165, 1.54) is 11.8 Å². The van der Waals surface area contributed by atoms with Crippen molar-refractivity contribution in [3.8, 4) is 17.1 Å². The first kappa shape index (κ1) is 19.3. The summed E-state index contributed by atoms with van der Waals surface area (Å²) < 4.78 is 7.02. The molecule has 0 bridgehead atoms. The molecule has 1 amide bonds. The van der Waals surface area contributed by atoms with Gasteiger partial charge in [0.05, 0.1) is 17.9 Å². The van der Waals surface area contributed by atoms with Crippen LogP contribution in [0.2, 0.25) is 5.02 Å². The Morgan fingerprint density at radius 2 is 2.04 bits per heavy atom. The van der Waals surface area contributed by atoms with Crippen molar-refractivity contribution in [1.82, 2.24) is 20.1 Å². The Kier molecular flexibility index (Phi) is 6.36. The first-order valence-corrected chi connectivity index (χ1v) is 9.61. The van der Waals surface area contributed by atoms with Gasteiger partial charge in [0.1, 0.15) is 5.75 Å². The molecule has 8 heteroatoms. The third kappa shape index (κ3) is 4.81. The molecule has 27 heavy (non-hydrogen) atoms. The first-order valence-electron chi connectivity index (χ1n) is 8.25. The van der Waals surface area contributed by atoms with E-state index in [-0.39, 0.29) is 11.7 Å². The van der Waals surface area contributed by atoms with E-state index in [1.54, 1.807) is 7.11 Å². The van der Waals surface area contributed by atoms with Gasteiger partial charge in [-0.25, -0.2) is 0 Å². The zero-order chi connectivity index (χ0) is 19.2. The summed E-state index contributed by atoms with van der Waals surface area (Å²) in [7, 11) is 3.47. The summed E-state index contributed by atoms with van der Waals surface area (Å²) in [6.07, 6.45) is 0. The number of carbonyl (C=O) groups is 1. The van der Waals surface area contributed by atoms with Gasteiger partial charge in [0, 0.05) is 19.2 Å². The molecule has 0 spiro atoms. The molecule has 0 fully saturated rings. The van der Waals surface area contributed by atoms with Gasteiger partial charge in [-0.1, -0.05) is 47.6 Å². The Hall–Kier alpha value is -2.51. The van der Waals surface area contributed by atoms with Crippen LogP contribution >= 0.6 is 23.4 Å². The number of methoxy groups -OCH3 is 1. The quantitative estimate of drug-likeness (QED) is 0.612. The van der Waals surface area contributed by atoms with Gasteiger partial charge in [0.25, 0.3) is 0 Å². The highest BCUT2D eigenvalue weighted by Gasteiger charge is 2.14. The minimum Gasteiger partial charge on any atom is -0.497 e. The van der Waals surface area contributed by atoms with Crippen molar-refractivity contribution in [3.05, 3.63) is 59.1 Å². The van der Waals surface area contributed by atoms with Crippen molar-refractivity contribution in [2.24, 2.45) is 7.05 Å². The van der Waals surface area contributed by atoms with E-state index in [0.29, 0.717) is 22.5 Å². The smallest absolute Gasteiger partial charge is 0.230 e. The maximum absolute atomic E-state index is 12.1. The van der Waals surface area contributed by atoms with Crippen molar-refractivity contribution >= 4 is 29.3 Å². The molecule has 3 aromatic rings. The summed E-state index contributed by atoms with van der Waals surface area (Å²) in [4.78, 5) is 12.1. The Morgan fingerprint density at radius 1 is 1.22 bits per heavy atom. The van der Waals surface area contributed by atoms with Crippen molar-refractivity contribution in [2.75, 3.05) is 12.9 Å². The van der Waals surface area contributed by atoms with Crippen LogP contribution in [0.25, 0.3) is 11.4 Å². The van der Waals surface area contributed by atoms with Crippen LogP contribution in [0.5, 0.6) is 5.75 Å². The van der Waals surface area contributed by atoms with Gasteiger partial charge >= 0.3 is 0 Å². The van der Waals surface area contributed by atoms with Crippen molar-refractivity contribution < 1.29 is 9.53 Å². The average Bonchev–Trinajstić information content (AvgIpc) is 3.05. The molecule has 1 heterocycles. The molecule has 0 atom stereocenters. The highest BCUT2D eigenvalue weighted by atomic mass is 35.5. The van der Waals surface area contributed by atoms with E-state index in [2.05, 4.69) is 15.5 Å². The number of carbonyl (C=O) groups excluding carboxylic acids is 1. The molecule has 1 N–H and O–H groups in total. The zero-order valence-electron chi connectivity index (χ0n) is 15.0. The number of nitrogens with zero attached hydrogens (tertiary/aromatic N) is 3.